The van der Waals surface area contributed by atoms with Crippen molar-refractivity contribution in [1.29, 1.82) is 0 Å². The largest absolute Gasteiger partial charge is 0.496 e. The van der Waals surface area contributed by atoms with Crippen molar-refractivity contribution in [3.05, 3.63) is 29.6 Å². The molecule has 0 aliphatic heterocycles. The van der Waals surface area contributed by atoms with Gasteiger partial charge in [0.2, 0.25) is 0 Å². The average Bonchev–Trinajstić information content (AvgIpc) is 2.68. The summed E-state index contributed by atoms with van der Waals surface area (Å²) in [5, 5.41) is 10.5. The molecular formula is C15H21FO2. The SMILES string of the molecule is COc1ccc(F)cc1C(O)C1CCCC1(C)C. The molecule has 0 radical (unpaired) electrons. The van der Waals surface area contributed by atoms with Crippen molar-refractivity contribution in [3.8, 4) is 5.75 Å². The first-order valence-corrected chi connectivity index (χ1v) is 6.47. The molecule has 100 valence electrons. The first kappa shape index (κ1) is 13.3. The third kappa shape index (κ3) is 2.37. The lowest BCUT2D eigenvalue weighted by molar-refractivity contribution is 0.0511. The van der Waals surface area contributed by atoms with Crippen molar-refractivity contribution in [3.63, 3.8) is 0 Å². The maximum atomic E-state index is 13.4. The third-order valence-electron chi connectivity index (χ3n) is 4.23. The molecule has 1 saturated carbocycles. The molecule has 1 N–H and O–H groups in total. The van der Waals surface area contributed by atoms with Gasteiger partial charge in [-0.25, -0.2) is 4.39 Å². The lowest BCUT2D eigenvalue weighted by Gasteiger charge is -2.32. The van der Waals surface area contributed by atoms with E-state index in [2.05, 4.69) is 13.8 Å². The van der Waals surface area contributed by atoms with E-state index in [9.17, 15) is 9.50 Å². The first-order valence-electron chi connectivity index (χ1n) is 6.47. The van der Waals surface area contributed by atoms with Crippen LogP contribution in [0.3, 0.4) is 0 Å². The van der Waals surface area contributed by atoms with Gasteiger partial charge < -0.3 is 9.84 Å². The molecule has 1 aromatic carbocycles. The van der Waals surface area contributed by atoms with Gasteiger partial charge in [0.1, 0.15) is 11.6 Å². The van der Waals surface area contributed by atoms with E-state index in [1.54, 1.807) is 13.2 Å². The molecule has 2 nitrogen and oxygen atoms in total. The summed E-state index contributed by atoms with van der Waals surface area (Å²) in [6.45, 7) is 4.33. The Morgan fingerprint density at radius 3 is 2.72 bits per heavy atom. The number of hydrogen-bond donors (Lipinski definition) is 1. The van der Waals surface area contributed by atoms with E-state index in [0.29, 0.717) is 11.3 Å². The minimum atomic E-state index is -0.659. The van der Waals surface area contributed by atoms with Crippen molar-refractivity contribution in [1.82, 2.24) is 0 Å². The predicted octanol–water partition coefficient (Wildman–Crippen LogP) is 3.69. The highest BCUT2D eigenvalue weighted by Crippen LogP contribution is 2.49. The van der Waals surface area contributed by atoms with Crippen LogP contribution in [0.15, 0.2) is 18.2 Å². The van der Waals surface area contributed by atoms with Crippen LogP contribution in [0.2, 0.25) is 0 Å². The second kappa shape index (κ2) is 4.88. The number of rotatable bonds is 3. The van der Waals surface area contributed by atoms with Gasteiger partial charge in [0.25, 0.3) is 0 Å². The summed E-state index contributed by atoms with van der Waals surface area (Å²) in [7, 11) is 1.54. The van der Waals surface area contributed by atoms with E-state index < -0.39 is 6.10 Å². The van der Waals surface area contributed by atoms with Crippen LogP contribution in [0, 0.1) is 17.2 Å². The van der Waals surface area contributed by atoms with E-state index in [-0.39, 0.29) is 17.2 Å². The van der Waals surface area contributed by atoms with Gasteiger partial charge in [-0.15, -0.1) is 0 Å². The van der Waals surface area contributed by atoms with Crippen LogP contribution in [0.5, 0.6) is 5.75 Å². The van der Waals surface area contributed by atoms with Gasteiger partial charge in [0.05, 0.1) is 13.2 Å². The summed E-state index contributed by atoms with van der Waals surface area (Å²) in [6, 6.07) is 4.32. The zero-order chi connectivity index (χ0) is 13.3. The van der Waals surface area contributed by atoms with Gasteiger partial charge in [0, 0.05) is 5.56 Å². The summed E-state index contributed by atoms with van der Waals surface area (Å²) in [6.07, 6.45) is 2.54. The minimum Gasteiger partial charge on any atom is -0.496 e. The van der Waals surface area contributed by atoms with Crippen molar-refractivity contribution in [2.75, 3.05) is 7.11 Å². The van der Waals surface area contributed by atoms with Crippen molar-refractivity contribution >= 4 is 0 Å². The smallest absolute Gasteiger partial charge is 0.124 e. The van der Waals surface area contributed by atoms with Crippen LogP contribution in [-0.4, -0.2) is 12.2 Å². The number of methoxy groups -OCH3 is 1. The van der Waals surface area contributed by atoms with Gasteiger partial charge in [-0.05, 0) is 42.4 Å². The van der Waals surface area contributed by atoms with Gasteiger partial charge >= 0.3 is 0 Å². The maximum absolute atomic E-state index is 13.4. The molecule has 0 amide bonds. The summed E-state index contributed by atoms with van der Waals surface area (Å²) < 4.78 is 18.6. The molecule has 3 heteroatoms. The molecule has 1 aliphatic rings. The first-order chi connectivity index (χ1) is 8.45. The molecule has 1 fully saturated rings. The molecule has 0 saturated heterocycles. The van der Waals surface area contributed by atoms with Crippen molar-refractivity contribution < 1.29 is 14.2 Å². The van der Waals surface area contributed by atoms with Crippen molar-refractivity contribution in [2.24, 2.45) is 11.3 Å². The van der Waals surface area contributed by atoms with Crippen LogP contribution >= 0.6 is 0 Å². The number of benzene rings is 1. The molecule has 1 aliphatic carbocycles. The van der Waals surface area contributed by atoms with E-state index >= 15 is 0 Å². The van der Waals surface area contributed by atoms with Gasteiger partial charge in [-0.3, -0.25) is 0 Å². The lowest BCUT2D eigenvalue weighted by Crippen LogP contribution is -2.24. The molecule has 2 rings (SSSR count). The Balaban J connectivity index is 2.33. The highest BCUT2D eigenvalue weighted by Gasteiger charge is 2.40. The van der Waals surface area contributed by atoms with Gasteiger partial charge in [0.15, 0.2) is 0 Å². The monoisotopic (exact) mass is 252 g/mol. The Bertz CT molecular complexity index is 429. The maximum Gasteiger partial charge on any atom is 0.124 e. The fourth-order valence-electron chi connectivity index (χ4n) is 3.09. The summed E-state index contributed by atoms with van der Waals surface area (Å²) >= 11 is 0. The average molecular weight is 252 g/mol. The summed E-state index contributed by atoms with van der Waals surface area (Å²) in [5.74, 6) is 0.389. The van der Waals surface area contributed by atoms with E-state index in [1.165, 1.54) is 12.1 Å². The third-order valence-corrected chi connectivity index (χ3v) is 4.23. The number of aliphatic hydroxyl groups excluding tert-OH is 1. The fraction of sp³-hybridized carbons (Fsp3) is 0.600. The van der Waals surface area contributed by atoms with Crippen LogP contribution in [0.4, 0.5) is 4.39 Å². The molecule has 0 aromatic heterocycles. The Morgan fingerprint density at radius 1 is 1.44 bits per heavy atom. The van der Waals surface area contributed by atoms with E-state index in [0.717, 1.165) is 19.3 Å². The van der Waals surface area contributed by atoms with Crippen LogP contribution in [0.25, 0.3) is 0 Å². The highest BCUT2D eigenvalue weighted by molar-refractivity contribution is 5.36. The molecule has 0 spiro atoms. The predicted molar refractivity (Wildman–Crippen MR) is 69.0 cm³/mol. The molecule has 0 heterocycles. The van der Waals surface area contributed by atoms with Crippen LogP contribution < -0.4 is 4.74 Å². The van der Waals surface area contributed by atoms with Crippen LogP contribution in [0.1, 0.15) is 44.8 Å². The summed E-state index contributed by atoms with van der Waals surface area (Å²) in [5.41, 5.74) is 0.661. The van der Waals surface area contributed by atoms with E-state index in [4.69, 9.17) is 4.74 Å². The molecule has 18 heavy (non-hydrogen) atoms. The number of hydrogen-bond acceptors (Lipinski definition) is 2. The topological polar surface area (TPSA) is 29.5 Å². The summed E-state index contributed by atoms with van der Waals surface area (Å²) in [4.78, 5) is 0. The Labute approximate surface area is 108 Å². The fourth-order valence-corrected chi connectivity index (χ4v) is 3.09. The highest BCUT2D eigenvalue weighted by atomic mass is 19.1. The molecular weight excluding hydrogens is 231 g/mol. The Morgan fingerprint density at radius 2 is 2.17 bits per heavy atom. The second-order valence-corrected chi connectivity index (χ2v) is 5.82. The number of halogens is 1. The number of ether oxygens (including phenoxy) is 1. The zero-order valence-corrected chi connectivity index (χ0v) is 11.2. The number of aliphatic hydroxyl groups is 1. The molecule has 0 bridgehead atoms. The second-order valence-electron chi connectivity index (χ2n) is 5.82. The van der Waals surface area contributed by atoms with Gasteiger partial charge in [-0.1, -0.05) is 20.3 Å². The molecule has 2 atom stereocenters. The lowest BCUT2D eigenvalue weighted by atomic mass is 9.76. The van der Waals surface area contributed by atoms with Crippen LogP contribution in [-0.2, 0) is 0 Å². The zero-order valence-electron chi connectivity index (χ0n) is 11.2. The normalized spacial score (nSPS) is 23.9. The van der Waals surface area contributed by atoms with E-state index in [1.807, 2.05) is 0 Å². The Hall–Kier alpha value is -1.09. The molecule has 2 unspecified atom stereocenters. The quantitative estimate of drug-likeness (QED) is 0.889. The Kier molecular flexibility index (Phi) is 3.62. The van der Waals surface area contributed by atoms with Crippen molar-refractivity contribution in [2.45, 2.75) is 39.2 Å². The minimum absolute atomic E-state index is 0.0940. The van der Waals surface area contributed by atoms with Gasteiger partial charge in [-0.2, -0.15) is 0 Å². The molecule has 1 aromatic rings. The standard InChI is InChI=1S/C15H21FO2/c1-15(2)8-4-5-12(15)14(17)11-9-10(16)6-7-13(11)18-3/h6-7,9,12,14,17H,4-5,8H2,1-3H3.